The van der Waals surface area contributed by atoms with E-state index in [0.29, 0.717) is 6.61 Å². The van der Waals surface area contributed by atoms with Gasteiger partial charge in [-0.2, -0.15) is 8.42 Å². The van der Waals surface area contributed by atoms with Crippen molar-refractivity contribution in [2.45, 2.75) is 25.2 Å². The zero-order chi connectivity index (χ0) is 29.4. The lowest BCUT2D eigenvalue weighted by Crippen LogP contribution is -2.12. The summed E-state index contributed by atoms with van der Waals surface area (Å²) in [6.07, 6.45) is 0.258. The highest BCUT2D eigenvalue weighted by Gasteiger charge is 2.18. The molecule has 0 radical (unpaired) electrons. The minimum Gasteiger partial charge on any atom is -0.480 e. The van der Waals surface area contributed by atoms with Crippen molar-refractivity contribution in [3.63, 3.8) is 0 Å². The van der Waals surface area contributed by atoms with Gasteiger partial charge in [0.15, 0.2) is 0 Å². The van der Waals surface area contributed by atoms with Crippen LogP contribution in [0.2, 0.25) is 0 Å². The molecule has 0 spiro atoms. The Labute approximate surface area is 248 Å². The van der Waals surface area contributed by atoms with Gasteiger partial charge in [0.2, 0.25) is 5.90 Å². The van der Waals surface area contributed by atoms with Crippen molar-refractivity contribution < 1.29 is 13.2 Å². The fourth-order valence-electron chi connectivity index (χ4n) is 4.86. The Morgan fingerprint density at radius 1 is 0.595 bits per heavy atom. The first kappa shape index (κ1) is 28.8. The second-order valence-electron chi connectivity index (χ2n) is 9.93. The van der Waals surface area contributed by atoms with Crippen LogP contribution in [0.1, 0.15) is 40.3 Å². The predicted molar refractivity (Wildman–Crippen MR) is 172 cm³/mol. The van der Waals surface area contributed by atoms with E-state index in [0.717, 1.165) is 44.5 Å². The van der Waals surface area contributed by atoms with Crippen LogP contribution < -0.4 is 0 Å². The smallest absolute Gasteiger partial charge is 0.285 e. The molecule has 4 nitrogen and oxygen atoms in total. The highest BCUT2D eigenvalue weighted by molar-refractivity contribution is 7.90. The van der Waals surface area contributed by atoms with E-state index >= 15 is 0 Å². The Balaban J connectivity index is 1.56. The number of ether oxygens (including phenoxy) is 1. The summed E-state index contributed by atoms with van der Waals surface area (Å²) >= 11 is 0. The van der Waals surface area contributed by atoms with Crippen molar-refractivity contribution in [1.82, 2.24) is 0 Å². The van der Waals surface area contributed by atoms with Crippen molar-refractivity contribution in [3.05, 3.63) is 173 Å². The van der Waals surface area contributed by atoms with Gasteiger partial charge in [0.05, 0.1) is 11.5 Å². The molecule has 0 atom stereocenters. The molecule has 210 valence electrons. The molecule has 0 amide bonds. The van der Waals surface area contributed by atoms with E-state index in [1.807, 2.05) is 44.2 Å². The standard InChI is InChI=1S/C37H33NO3S/c1-3-41-35(38-42(39,40)34-25-19-28(2)20-26-34)27-29-21-23-33(24-22-29)37(32-17-11-6-12-18-32)36(30-13-7-4-8-14-30)31-15-9-5-10-16-31/h4-26H,3,27H2,1-2H3/b38-35+. The molecule has 5 aromatic carbocycles. The highest BCUT2D eigenvalue weighted by Crippen LogP contribution is 2.36. The van der Waals surface area contributed by atoms with Crippen LogP contribution >= 0.6 is 0 Å². The fraction of sp³-hybridized carbons (Fsp3) is 0.108. The molecular formula is C37H33NO3S. The van der Waals surface area contributed by atoms with E-state index in [1.54, 1.807) is 24.3 Å². The van der Waals surface area contributed by atoms with E-state index < -0.39 is 10.0 Å². The molecule has 0 aliphatic heterocycles. The van der Waals surface area contributed by atoms with Gasteiger partial charge >= 0.3 is 0 Å². The lowest BCUT2D eigenvalue weighted by molar-refractivity contribution is 0.321. The van der Waals surface area contributed by atoms with Crippen LogP contribution in [0.3, 0.4) is 0 Å². The van der Waals surface area contributed by atoms with Crippen LogP contribution in [0.25, 0.3) is 11.1 Å². The molecule has 5 aromatic rings. The van der Waals surface area contributed by atoms with Crippen molar-refractivity contribution in [2.24, 2.45) is 4.40 Å². The first-order chi connectivity index (χ1) is 20.4. The molecule has 0 aromatic heterocycles. The molecule has 0 unspecified atom stereocenters. The lowest BCUT2D eigenvalue weighted by atomic mass is 9.85. The van der Waals surface area contributed by atoms with E-state index in [1.165, 1.54) is 0 Å². The van der Waals surface area contributed by atoms with Gasteiger partial charge < -0.3 is 4.74 Å². The first-order valence-electron chi connectivity index (χ1n) is 14.0. The van der Waals surface area contributed by atoms with Crippen molar-refractivity contribution in [2.75, 3.05) is 6.61 Å². The molecule has 0 fully saturated rings. The van der Waals surface area contributed by atoms with E-state index in [2.05, 4.69) is 89.3 Å². The van der Waals surface area contributed by atoms with E-state index in [4.69, 9.17) is 4.74 Å². The number of rotatable bonds is 9. The van der Waals surface area contributed by atoms with Gasteiger partial charge in [0.1, 0.15) is 0 Å². The molecule has 0 heterocycles. The quantitative estimate of drug-likeness (QED) is 0.101. The summed E-state index contributed by atoms with van der Waals surface area (Å²) in [6.45, 7) is 4.05. The Morgan fingerprint density at radius 3 is 1.45 bits per heavy atom. The van der Waals surface area contributed by atoms with Gasteiger partial charge in [0, 0.05) is 6.42 Å². The zero-order valence-electron chi connectivity index (χ0n) is 23.8. The summed E-state index contributed by atoms with van der Waals surface area (Å²) < 4.78 is 35.7. The monoisotopic (exact) mass is 571 g/mol. The molecule has 42 heavy (non-hydrogen) atoms. The molecule has 5 rings (SSSR count). The van der Waals surface area contributed by atoms with Crippen LogP contribution in [0.5, 0.6) is 0 Å². The Kier molecular flexibility index (Phi) is 9.10. The molecule has 0 aliphatic rings. The molecule has 5 heteroatoms. The summed E-state index contributed by atoms with van der Waals surface area (Å²) in [4.78, 5) is 0.146. The van der Waals surface area contributed by atoms with Gasteiger partial charge in [-0.15, -0.1) is 4.40 Å². The number of sulfonamides is 1. The maximum Gasteiger partial charge on any atom is 0.285 e. The third kappa shape index (κ3) is 6.93. The summed E-state index contributed by atoms with van der Waals surface area (Å²) in [5.41, 5.74) is 8.53. The SMILES string of the molecule is CCO/C(Cc1ccc(C(=C(c2ccccc2)c2ccccc2)c2ccccc2)cc1)=N/S(=O)(=O)c1ccc(C)cc1. The Morgan fingerprint density at radius 2 is 1.02 bits per heavy atom. The maximum atomic E-state index is 13.0. The molecular weight excluding hydrogens is 538 g/mol. The van der Waals surface area contributed by atoms with Crippen LogP contribution in [-0.2, 0) is 21.2 Å². The summed E-state index contributed by atoms with van der Waals surface area (Å²) in [6, 6.07) is 46.1. The van der Waals surface area contributed by atoms with Gasteiger partial charge in [-0.05, 0) is 64.9 Å². The first-order valence-corrected chi connectivity index (χ1v) is 15.4. The van der Waals surface area contributed by atoms with Gasteiger partial charge in [0.25, 0.3) is 10.0 Å². The fourth-order valence-corrected chi connectivity index (χ4v) is 5.83. The van der Waals surface area contributed by atoms with Gasteiger partial charge in [-0.3, -0.25) is 0 Å². The largest absolute Gasteiger partial charge is 0.480 e. The molecule has 0 saturated carbocycles. The number of nitrogens with zero attached hydrogens (tertiary/aromatic N) is 1. The predicted octanol–water partition coefficient (Wildman–Crippen LogP) is 8.37. The second-order valence-corrected chi connectivity index (χ2v) is 11.5. The van der Waals surface area contributed by atoms with Crippen LogP contribution in [0.4, 0.5) is 0 Å². The van der Waals surface area contributed by atoms with E-state index in [9.17, 15) is 8.42 Å². The number of benzene rings is 5. The zero-order valence-corrected chi connectivity index (χ0v) is 24.6. The Bertz CT molecular complexity index is 1740. The van der Waals surface area contributed by atoms with Crippen molar-refractivity contribution in [3.8, 4) is 0 Å². The number of aryl methyl sites for hydroxylation is 1. The third-order valence-corrected chi connectivity index (χ3v) is 8.20. The summed E-state index contributed by atoms with van der Waals surface area (Å²) in [5.74, 6) is 0.166. The van der Waals surface area contributed by atoms with Gasteiger partial charge in [-0.1, -0.05) is 133 Å². The normalized spacial score (nSPS) is 11.6. The Hall–Kier alpha value is -4.74. The molecule has 0 N–H and O–H groups in total. The molecule has 0 saturated heterocycles. The topological polar surface area (TPSA) is 55.7 Å². The average Bonchev–Trinajstić information content (AvgIpc) is 3.02. The van der Waals surface area contributed by atoms with Crippen molar-refractivity contribution >= 4 is 27.1 Å². The summed E-state index contributed by atoms with van der Waals surface area (Å²) in [7, 11) is -3.89. The minimum absolute atomic E-state index is 0.146. The highest BCUT2D eigenvalue weighted by atomic mass is 32.2. The van der Waals surface area contributed by atoms with Gasteiger partial charge in [-0.25, -0.2) is 0 Å². The second kappa shape index (κ2) is 13.3. The van der Waals surface area contributed by atoms with E-state index in [-0.39, 0.29) is 17.2 Å². The maximum absolute atomic E-state index is 13.0. The van der Waals surface area contributed by atoms with Crippen LogP contribution in [0, 0.1) is 6.92 Å². The number of hydrogen-bond acceptors (Lipinski definition) is 3. The lowest BCUT2D eigenvalue weighted by Gasteiger charge is -2.18. The number of hydrogen-bond donors (Lipinski definition) is 0. The summed E-state index contributed by atoms with van der Waals surface area (Å²) in [5, 5.41) is 0. The average molecular weight is 572 g/mol. The van der Waals surface area contributed by atoms with Crippen LogP contribution in [0.15, 0.2) is 149 Å². The minimum atomic E-state index is -3.89. The molecule has 0 aliphatic carbocycles. The third-order valence-electron chi connectivity index (χ3n) is 6.89. The van der Waals surface area contributed by atoms with Crippen LogP contribution in [-0.4, -0.2) is 20.9 Å². The van der Waals surface area contributed by atoms with Crippen molar-refractivity contribution in [1.29, 1.82) is 0 Å². The molecule has 0 bridgehead atoms.